The van der Waals surface area contributed by atoms with Crippen LogP contribution in [0.1, 0.15) is 6.42 Å². The van der Waals surface area contributed by atoms with E-state index < -0.39 is 40.3 Å². The maximum atomic E-state index is 11.9. The first kappa shape index (κ1) is 16.8. The number of carboxylic acids is 1. The molecule has 0 aromatic rings. The van der Waals surface area contributed by atoms with Crippen molar-refractivity contribution in [3.05, 3.63) is 0 Å². The number of amides is 1. The van der Waals surface area contributed by atoms with Crippen molar-refractivity contribution in [2.75, 3.05) is 38.7 Å². The van der Waals surface area contributed by atoms with Crippen molar-refractivity contribution in [3.63, 3.8) is 0 Å². The zero-order valence-electron chi connectivity index (χ0n) is 10.8. The molecule has 20 heavy (non-hydrogen) atoms. The molecule has 1 fully saturated rings. The van der Waals surface area contributed by atoms with E-state index in [0.29, 0.717) is 13.2 Å². The van der Waals surface area contributed by atoms with Gasteiger partial charge in [0.15, 0.2) is 0 Å². The fourth-order valence-corrected chi connectivity index (χ4v) is 3.03. The van der Waals surface area contributed by atoms with Gasteiger partial charge in [0.05, 0.1) is 25.6 Å². The van der Waals surface area contributed by atoms with Crippen molar-refractivity contribution < 1.29 is 33.0 Å². The van der Waals surface area contributed by atoms with Gasteiger partial charge in [0.1, 0.15) is 6.04 Å². The van der Waals surface area contributed by atoms with Crippen LogP contribution in [0.25, 0.3) is 0 Å². The maximum Gasteiger partial charge on any atom is 0.328 e. The van der Waals surface area contributed by atoms with Gasteiger partial charge in [-0.15, -0.1) is 0 Å². The van der Waals surface area contributed by atoms with Gasteiger partial charge in [-0.3, -0.25) is 4.79 Å². The Bertz CT molecular complexity index is 445. The van der Waals surface area contributed by atoms with Gasteiger partial charge in [0.25, 0.3) is 0 Å². The van der Waals surface area contributed by atoms with Gasteiger partial charge in [0.2, 0.25) is 15.9 Å². The number of hydrogen-bond donors (Lipinski definition) is 3. The number of carbonyl (C=O) groups excluding carboxylic acids is 1. The Morgan fingerprint density at radius 2 is 1.90 bits per heavy atom. The second-order valence-electron chi connectivity index (χ2n) is 4.22. The molecule has 0 aromatic carbocycles. The molecule has 1 aliphatic rings. The quantitative estimate of drug-likeness (QED) is 0.477. The summed E-state index contributed by atoms with van der Waals surface area (Å²) in [6.45, 7) is 0.377. The molecule has 116 valence electrons. The molecular weight excluding hydrogens is 292 g/mol. The fraction of sp³-hybridized carbons (Fsp3) is 0.800. The number of carboxylic acid groups (broad SMARTS) is 1. The van der Waals surface area contributed by atoms with Gasteiger partial charge in [-0.2, -0.15) is 4.31 Å². The summed E-state index contributed by atoms with van der Waals surface area (Å²) in [6.07, 6.45) is -0.358. The molecule has 1 heterocycles. The van der Waals surface area contributed by atoms with Crippen LogP contribution in [0.2, 0.25) is 0 Å². The van der Waals surface area contributed by atoms with E-state index in [2.05, 4.69) is 0 Å². The Hall–Kier alpha value is -1.23. The molecule has 0 spiro atoms. The molecule has 1 rings (SSSR count). The SMILES string of the molecule is O=C(CCS(=O)(=O)N1CCOCC1)N[C@H](CO)C(=O)O. The van der Waals surface area contributed by atoms with Gasteiger partial charge in [-0.1, -0.05) is 0 Å². The Morgan fingerprint density at radius 3 is 2.40 bits per heavy atom. The predicted molar refractivity (Wildman–Crippen MR) is 67.4 cm³/mol. The lowest BCUT2D eigenvalue weighted by Crippen LogP contribution is -2.45. The molecular formula is C10H18N2O7S. The lowest BCUT2D eigenvalue weighted by Gasteiger charge is -2.25. The number of nitrogens with zero attached hydrogens (tertiary/aromatic N) is 1. The highest BCUT2D eigenvalue weighted by atomic mass is 32.2. The van der Waals surface area contributed by atoms with Gasteiger partial charge in [-0.05, 0) is 0 Å². The fourth-order valence-electron chi connectivity index (χ4n) is 1.63. The summed E-state index contributed by atoms with van der Waals surface area (Å²) in [4.78, 5) is 22.1. The Morgan fingerprint density at radius 1 is 1.30 bits per heavy atom. The predicted octanol–water partition coefficient (Wildman–Crippen LogP) is -2.40. The minimum atomic E-state index is -3.56. The van der Waals surface area contributed by atoms with E-state index >= 15 is 0 Å². The third kappa shape index (κ3) is 5.04. The second-order valence-corrected chi connectivity index (χ2v) is 6.31. The van der Waals surface area contributed by atoms with Crippen molar-refractivity contribution in [1.82, 2.24) is 9.62 Å². The van der Waals surface area contributed by atoms with Crippen LogP contribution >= 0.6 is 0 Å². The minimum absolute atomic E-state index is 0.248. The standard InChI is InChI=1S/C10H18N2O7S/c13-7-8(10(15)16)11-9(14)1-6-20(17,18)12-2-4-19-5-3-12/h8,13H,1-7H2,(H,11,14)(H,15,16)/t8-/m1/s1. The first-order chi connectivity index (χ1) is 9.36. The molecule has 1 saturated heterocycles. The normalized spacial score (nSPS) is 18.4. The summed E-state index contributed by atoms with van der Waals surface area (Å²) in [6, 6.07) is -1.42. The molecule has 9 nitrogen and oxygen atoms in total. The number of aliphatic hydroxyl groups is 1. The van der Waals surface area contributed by atoms with Crippen LogP contribution in [-0.4, -0.2) is 79.5 Å². The molecule has 1 atom stereocenters. The van der Waals surface area contributed by atoms with Crippen molar-refractivity contribution in [2.45, 2.75) is 12.5 Å². The average molecular weight is 310 g/mol. The van der Waals surface area contributed by atoms with Crippen LogP contribution in [0.15, 0.2) is 0 Å². The van der Waals surface area contributed by atoms with Crippen LogP contribution in [0, 0.1) is 0 Å². The second kappa shape index (κ2) is 7.53. The third-order valence-corrected chi connectivity index (χ3v) is 4.64. The van der Waals surface area contributed by atoms with Crippen molar-refractivity contribution >= 4 is 21.9 Å². The van der Waals surface area contributed by atoms with Gasteiger partial charge >= 0.3 is 5.97 Å². The highest BCUT2D eigenvalue weighted by Gasteiger charge is 2.26. The van der Waals surface area contributed by atoms with Crippen LogP contribution in [-0.2, 0) is 24.3 Å². The first-order valence-corrected chi connectivity index (χ1v) is 7.66. The van der Waals surface area contributed by atoms with Gasteiger partial charge < -0.3 is 20.3 Å². The molecule has 0 aliphatic carbocycles. The molecule has 0 radical (unpaired) electrons. The van der Waals surface area contributed by atoms with Crippen LogP contribution in [0.4, 0.5) is 0 Å². The summed E-state index contributed by atoms with van der Waals surface area (Å²) in [5.41, 5.74) is 0. The smallest absolute Gasteiger partial charge is 0.328 e. The molecule has 0 saturated carbocycles. The van der Waals surface area contributed by atoms with Gasteiger partial charge in [-0.25, -0.2) is 13.2 Å². The lowest BCUT2D eigenvalue weighted by molar-refractivity contribution is -0.142. The summed E-state index contributed by atoms with van der Waals surface area (Å²) in [7, 11) is -3.56. The maximum absolute atomic E-state index is 11.9. The van der Waals surface area contributed by atoms with E-state index in [1.807, 2.05) is 5.32 Å². The summed E-state index contributed by atoms with van der Waals surface area (Å²) >= 11 is 0. The number of rotatable bonds is 7. The zero-order chi connectivity index (χ0) is 15.2. The molecule has 0 bridgehead atoms. The average Bonchev–Trinajstić information content (AvgIpc) is 2.43. The lowest BCUT2D eigenvalue weighted by atomic mass is 10.3. The van der Waals surface area contributed by atoms with E-state index in [1.165, 1.54) is 4.31 Å². The molecule has 1 amide bonds. The third-order valence-electron chi connectivity index (χ3n) is 2.77. The molecule has 3 N–H and O–H groups in total. The van der Waals surface area contributed by atoms with Gasteiger partial charge in [0, 0.05) is 19.5 Å². The summed E-state index contributed by atoms with van der Waals surface area (Å²) < 4.78 is 30.1. The molecule has 1 aliphatic heterocycles. The summed E-state index contributed by atoms with van der Waals surface area (Å²) in [5.74, 6) is -2.52. The highest BCUT2D eigenvalue weighted by Crippen LogP contribution is 2.06. The Kier molecular flexibility index (Phi) is 6.33. The number of hydrogen-bond acceptors (Lipinski definition) is 6. The highest BCUT2D eigenvalue weighted by molar-refractivity contribution is 7.89. The molecule has 0 unspecified atom stereocenters. The van der Waals surface area contributed by atoms with Crippen LogP contribution in [0.5, 0.6) is 0 Å². The Labute approximate surface area is 116 Å². The van der Waals surface area contributed by atoms with Crippen molar-refractivity contribution in [1.29, 1.82) is 0 Å². The Balaban J connectivity index is 2.45. The number of sulfonamides is 1. The zero-order valence-corrected chi connectivity index (χ0v) is 11.6. The van der Waals surface area contributed by atoms with Crippen LogP contribution < -0.4 is 5.32 Å². The number of carbonyl (C=O) groups is 2. The molecule has 0 aromatic heterocycles. The molecule has 10 heteroatoms. The van der Waals surface area contributed by atoms with E-state index in [-0.39, 0.29) is 19.5 Å². The van der Waals surface area contributed by atoms with Crippen LogP contribution in [0.3, 0.4) is 0 Å². The van der Waals surface area contributed by atoms with E-state index in [9.17, 15) is 18.0 Å². The first-order valence-electron chi connectivity index (χ1n) is 6.05. The van der Waals surface area contributed by atoms with E-state index in [4.69, 9.17) is 14.9 Å². The van der Waals surface area contributed by atoms with Crippen molar-refractivity contribution in [2.24, 2.45) is 0 Å². The van der Waals surface area contributed by atoms with Crippen molar-refractivity contribution in [3.8, 4) is 0 Å². The largest absolute Gasteiger partial charge is 0.480 e. The topological polar surface area (TPSA) is 133 Å². The minimum Gasteiger partial charge on any atom is -0.480 e. The number of aliphatic carboxylic acids is 1. The number of morpholine rings is 1. The van der Waals surface area contributed by atoms with E-state index in [1.54, 1.807) is 0 Å². The number of aliphatic hydroxyl groups excluding tert-OH is 1. The summed E-state index contributed by atoms with van der Waals surface area (Å²) in [5, 5.41) is 19.4. The number of ether oxygens (including phenoxy) is 1. The van der Waals surface area contributed by atoms with E-state index in [0.717, 1.165) is 0 Å². The monoisotopic (exact) mass is 310 g/mol. The number of nitrogens with one attached hydrogen (secondary N) is 1.